The Balaban J connectivity index is 2.97. The summed E-state index contributed by atoms with van der Waals surface area (Å²) >= 11 is 3.30. The van der Waals surface area contributed by atoms with Crippen LogP contribution >= 0.6 is 15.9 Å². The molecule has 2 N–H and O–H groups in total. The molecule has 0 amide bonds. The van der Waals surface area contributed by atoms with Gasteiger partial charge in [0.25, 0.3) is 0 Å². The number of hydrogen-bond acceptors (Lipinski definition) is 3. The molecule has 1 aromatic rings. The first kappa shape index (κ1) is 16.6. The van der Waals surface area contributed by atoms with Crippen molar-refractivity contribution in [3.63, 3.8) is 0 Å². The van der Waals surface area contributed by atoms with E-state index < -0.39 is 10.0 Å². The molecule has 108 valence electrons. The van der Waals surface area contributed by atoms with E-state index in [0.717, 1.165) is 24.8 Å². The molecule has 0 unspecified atom stereocenters. The number of unbranched alkanes of at least 4 members (excludes halogenated alkanes) is 2. The maximum Gasteiger partial charge on any atom is 0.241 e. The molecule has 0 saturated heterocycles. The van der Waals surface area contributed by atoms with Crippen LogP contribution in [0, 0.1) is 6.92 Å². The minimum Gasteiger partial charge on any atom is -0.392 e. The van der Waals surface area contributed by atoms with Crippen molar-refractivity contribution in [2.45, 2.75) is 44.6 Å². The highest BCUT2D eigenvalue weighted by Gasteiger charge is 2.19. The first-order valence-electron chi connectivity index (χ1n) is 6.32. The standard InChI is InChI=1S/C13H20BrNO3S/c1-3-4-5-6-15-19(17,18)12-8-11(9-16)7-10(2)13(12)14/h7-8,15-16H,3-6,9H2,1-2H3. The van der Waals surface area contributed by atoms with Crippen molar-refractivity contribution in [3.05, 3.63) is 27.7 Å². The van der Waals surface area contributed by atoms with Crippen LogP contribution in [0.3, 0.4) is 0 Å². The molecule has 0 bridgehead atoms. The summed E-state index contributed by atoms with van der Waals surface area (Å²) in [7, 11) is -3.53. The summed E-state index contributed by atoms with van der Waals surface area (Å²) in [5.74, 6) is 0. The first-order chi connectivity index (χ1) is 8.92. The molecule has 0 aliphatic rings. The summed E-state index contributed by atoms with van der Waals surface area (Å²) in [5, 5.41) is 9.16. The van der Waals surface area contributed by atoms with Crippen molar-refractivity contribution in [2.75, 3.05) is 6.54 Å². The minimum absolute atomic E-state index is 0.174. The fourth-order valence-electron chi connectivity index (χ4n) is 1.76. The van der Waals surface area contributed by atoms with Crippen molar-refractivity contribution >= 4 is 26.0 Å². The van der Waals surface area contributed by atoms with Gasteiger partial charge in [-0.25, -0.2) is 13.1 Å². The van der Waals surface area contributed by atoms with Crippen LogP contribution in [0.4, 0.5) is 0 Å². The third kappa shape index (κ3) is 4.56. The van der Waals surface area contributed by atoms with Gasteiger partial charge in [0.2, 0.25) is 10.0 Å². The number of rotatable bonds is 7. The van der Waals surface area contributed by atoms with E-state index in [1.165, 1.54) is 6.07 Å². The molecule has 0 aliphatic carbocycles. The zero-order chi connectivity index (χ0) is 14.5. The lowest BCUT2D eigenvalue weighted by atomic mass is 10.1. The molecule has 0 radical (unpaired) electrons. The summed E-state index contributed by atoms with van der Waals surface area (Å²) in [5.41, 5.74) is 1.38. The van der Waals surface area contributed by atoms with Gasteiger partial charge in [-0.05, 0) is 46.5 Å². The average molecular weight is 350 g/mol. The van der Waals surface area contributed by atoms with Crippen molar-refractivity contribution in [1.82, 2.24) is 4.72 Å². The lowest BCUT2D eigenvalue weighted by Gasteiger charge is -2.11. The maximum absolute atomic E-state index is 12.2. The van der Waals surface area contributed by atoms with Crippen LogP contribution < -0.4 is 4.72 Å². The summed E-state index contributed by atoms with van der Waals surface area (Å²) in [6.07, 6.45) is 2.87. The number of hydrogen-bond donors (Lipinski definition) is 2. The molecule has 0 saturated carbocycles. The van der Waals surface area contributed by atoms with Gasteiger partial charge in [-0.1, -0.05) is 25.8 Å². The van der Waals surface area contributed by atoms with Crippen LogP contribution in [0.1, 0.15) is 37.3 Å². The molecule has 0 atom stereocenters. The fraction of sp³-hybridized carbons (Fsp3) is 0.538. The molecule has 0 aromatic heterocycles. The lowest BCUT2D eigenvalue weighted by Crippen LogP contribution is -2.25. The SMILES string of the molecule is CCCCCNS(=O)(=O)c1cc(CO)cc(C)c1Br. The van der Waals surface area contributed by atoms with E-state index in [9.17, 15) is 8.42 Å². The van der Waals surface area contributed by atoms with Gasteiger partial charge in [-0.2, -0.15) is 0 Å². The van der Waals surface area contributed by atoms with Crippen LogP contribution in [0.2, 0.25) is 0 Å². The van der Waals surface area contributed by atoms with Crippen LogP contribution in [0.5, 0.6) is 0 Å². The Morgan fingerprint density at radius 1 is 1.32 bits per heavy atom. The molecule has 0 fully saturated rings. The third-order valence-electron chi connectivity index (χ3n) is 2.83. The molecule has 4 nitrogen and oxygen atoms in total. The lowest BCUT2D eigenvalue weighted by molar-refractivity contribution is 0.281. The summed E-state index contributed by atoms with van der Waals surface area (Å²) < 4.78 is 27.6. The second kappa shape index (κ2) is 7.38. The van der Waals surface area contributed by atoms with Crippen molar-refractivity contribution in [2.24, 2.45) is 0 Å². The Kier molecular flexibility index (Phi) is 6.46. The van der Waals surface area contributed by atoms with Gasteiger partial charge in [0.1, 0.15) is 0 Å². The first-order valence-corrected chi connectivity index (χ1v) is 8.59. The zero-order valence-corrected chi connectivity index (χ0v) is 13.6. The van der Waals surface area contributed by atoms with Gasteiger partial charge in [0.15, 0.2) is 0 Å². The molecule has 0 aliphatic heterocycles. The van der Waals surface area contributed by atoms with Gasteiger partial charge in [0, 0.05) is 11.0 Å². The Morgan fingerprint density at radius 2 is 2.00 bits per heavy atom. The maximum atomic E-state index is 12.2. The zero-order valence-electron chi connectivity index (χ0n) is 11.2. The van der Waals surface area contributed by atoms with Crippen LogP contribution in [0.25, 0.3) is 0 Å². The highest BCUT2D eigenvalue weighted by molar-refractivity contribution is 9.10. The van der Waals surface area contributed by atoms with Gasteiger partial charge < -0.3 is 5.11 Å². The Morgan fingerprint density at radius 3 is 2.58 bits per heavy atom. The number of aliphatic hydroxyl groups is 1. The normalized spacial score (nSPS) is 11.8. The van der Waals surface area contributed by atoms with Crippen molar-refractivity contribution in [1.29, 1.82) is 0 Å². The number of nitrogens with one attached hydrogen (secondary N) is 1. The summed E-state index contributed by atoms with van der Waals surface area (Å²) in [6.45, 7) is 4.13. The smallest absolute Gasteiger partial charge is 0.241 e. The number of benzene rings is 1. The summed E-state index contributed by atoms with van der Waals surface area (Å²) in [6, 6.07) is 3.26. The molecular weight excluding hydrogens is 330 g/mol. The second-order valence-electron chi connectivity index (χ2n) is 4.49. The fourth-order valence-corrected chi connectivity index (χ4v) is 3.90. The molecular formula is C13H20BrNO3S. The Labute approximate surface area is 123 Å². The molecule has 1 aromatic carbocycles. The molecule has 1 rings (SSSR count). The molecule has 0 heterocycles. The predicted octanol–water partition coefficient (Wildman–Crippen LogP) is 2.72. The van der Waals surface area contributed by atoms with E-state index in [1.54, 1.807) is 13.0 Å². The Bertz CT molecular complexity index is 529. The van der Waals surface area contributed by atoms with Crippen LogP contribution in [-0.2, 0) is 16.6 Å². The van der Waals surface area contributed by atoms with E-state index >= 15 is 0 Å². The van der Waals surface area contributed by atoms with E-state index in [-0.39, 0.29) is 11.5 Å². The van der Waals surface area contributed by atoms with Crippen molar-refractivity contribution < 1.29 is 13.5 Å². The topological polar surface area (TPSA) is 66.4 Å². The molecule has 6 heteroatoms. The Hall–Kier alpha value is -0.430. The van der Waals surface area contributed by atoms with Gasteiger partial charge >= 0.3 is 0 Å². The molecule has 19 heavy (non-hydrogen) atoms. The monoisotopic (exact) mass is 349 g/mol. The van der Waals surface area contributed by atoms with Crippen molar-refractivity contribution in [3.8, 4) is 0 Å². The largest absolute Gasteiger partial charge is 0.392 e. The van der Waals surface area contributed by atoms with Gasteiger partial charge in [-0.15, -0.1) is 0 Å². The number of halogens is 1. The van der Waals surface area contributed by atoms with Crippen LogP contribution in [-0.4, -0.2) is 20.1 Å². The van der Waals surface area contributed by atoms with Gasteiger partial charge in [0.05, 0.1) is 11.5 Å². The van der Waals surface area contributed by atoms with Gasteiger partial charge in [-0.3, -0.25) is 0 Å². The number of aryl methyl sites for hydroxylation is 1. The predicted molar refractivity (Wildman–Crippen MR) is 79.5 cm³/mol. The van der Waals surface area contributed by atoms with Crippen LogP contribution in [0.15, 0.2) is 21.5 Å². The van der Waals surface area contributed by atoms with E-state index in [4.69, 9.17) is 5.11 Å². The number of sulfonamides is 1. The highest BCUT2D eigenvalue weighted by atomic mass is 79.9. The second-order valence-corrected chi connectivity index (χ2v) is 7.02. The molecule has 0 spiro atoms. The quantitative estimate of drug-likeness (QED) is 0.743. The van der Waals surface area contributed by atoms with E-state index in [0.29, 0.717) is 16.6 Å². The minimum atomic E-state index is -3.53. The average Bonchev–Trinajstić information content (AvgIpc) is 2.37. The third-order valence-corrected chi connectivity index (χ3v) is 5.63. The number of aliphatic hydroxyl groups excluding tert-OH is 1. The van der Waals surface area contributed by atoms with E-state index in [1.807, 2.05) is 0 Å². The van der Waals surface area contributed by atoms with E-state index in [2.05, 4.69) is 27.6 Å². The summed E-state index contributed by atoms with van der Waals surface area (Å²) in [4.78, 5) is 0.188. The highest BCUT2D eigenvalue weighted by Crippen LogP contribution is 2.27.